The standard InChI is InChI=1S/C26H33N3O2.ClH/c1-27(2)23-9-5-21(6-10-23)7-11-25-19-22-8-12-24(20-26(22)31-25)30-18-4-13-29-16-14-28(3)15-17-29;/h5-12,19-20H,4,13-18H2,1-3H3;1H/b11-7+;. The molecule has 0 bridgehead atoms. The number of fused-ring (bicyclic) bond motifs is 1. The maximum atomic E-state index is 6.02. The molecule has 172 valence electrons. The monoisotopic (exact) mass is 455 g/mol. The van der Waals surface area contributed by atoms with Gasteiger partial charge in [-0.05, 0) is 55.4 Å². The molecule has 1 saturated heterocycles. The van der Waals surface area contributed by atoms with Crippen molar-refractivity contribution in [3.63, 3.8) is 0 Å². The van der Waals surface area contributed by atoms with Gasteiger partial charge in [0, 0.05) is 64.0 Å². The van der Waals surface area contributed by atoms with Crippen molar-refractivity contribution in [1.29, 1.82) is 0 Å². The number of nitrogens with zero attached hydrogens (tertiary/aromatic N) is 3. The van der Waals surface area contributed by atoms with E-state index in [9.17, 15) is 0 Å². The number of hydrogen-bond acceptors (Lipinski definition) is 5. The molecular formula is C26H34ClN3O2. The number of ether oxygens (including phenoxy) is 1. The molecular weight excluding hydrogens is 422 g/mol. The highest BCUT2D eigenvalue weighted by molar-refractivity contribution is 5.85. The fourth-order valence-electron chi connectivity index (χ4n) is 3.82. The Labute approximate surface area is 197 Å². The normalized spacial score (nSPS) is 15.2. The number of piperazine rings is 1. The van der Waals surface area contributed by atoms with Crippen LogP contribution in [0.4, 0.5) is 5.69 Å². The lowest BCUT2D eigenvalue weighted by Crippen LogP contribution is -2.44. The molecule has 2 aromatic carbocycles. The average Bonchev–Trinajstić information content (AvgIpc) is 3.19. The van der Waals surface area contributed by atoms with Gasteiger partial charge >= 0.3 is 0 Å². The van der Waals surface area contributed by atoms with Crippen LogP contribution < -0.4 is 9.64 Å². The van der Waals surface area contributed by atoms with Crippen molar-refractivity contribution in [2.45, 2.75) is 6.42 Å². The van der Waals surface area contributed by atoms with E-state index in [2.05, 4.69) is 64.2 Å². The number of halogens is 1. The predicted octanol–water partition coefficient (Wildman–Crippen LogP) is 5.11. The van der Waals surface area contributed by atoms with Crippen LogP contribution in [-0.2, 0) is 0 Å². The van der Waals surface area contributed by atoms with E-state index in [4.69, 9.17) is 9.15 Å². The summed E-state index contributed by atoms with van der Waals surface area (Å²) in [5.41, 5.74) is 3.20. The highest BCUT2D eigenvalue weighted by Crippen LogP contribution is 2.26. The number of furan rings is 1. The third kappa shape index (κ3) is 6.52. The van der Waals surface area contributed by atoms with Crippen molar-refractivity contribution in [2.75, 3.05) is 65.4 Å². The maximum absolute atomic E-state index is 6.02. The van der Waals surface area contributed by atoms with E-state index in [-0.39, 0.29) is 12.4 Å². The van der Waals surface area contributed by atoms with Gasteiger partial charge in [0.1, 0.15) is 17.1 Å². The molecule has 6 heteroatoms. The van der Waals surface area contributed by atoms with E-state index in [1.807, 2.05) is 32.3 Å². The van der Waals surface area contributed by atoms with Gasteiger partial charge in [-0.2, -0.15) is 0 Å². The van der Waals surface area contributed by atoms with Gasteiger partial charge in [-0.1, -0.05) is 18.2 Å². The molecule has 1 aliphatic rings. The van der Waals surface area contributed by atoms with E-state index in [1.165, 1.54) is 5.69 Å². The minimum atomic E-state index is 0. The molecule has 0 aliphatic carbocycles. The highest BCUT2D eigenvalue weighted by atomic mass is 35.5. The van der Waals surface area contributed by atoms with Crippen LogP contribution in [0.5, 0.6) is 5.75 Å². The predicted molar refractivity (Wildman–Crippen MR) is 137 cm³/mol. The third-order valence-electron chi connectivity index (χ3n) is 5.84. The minimum absolute atomic E-state index is 0. The van der Waals surface area contributed by atoms with E-state index >= 15 is 0 Å². The van der Waals surface area contributed by atoms with Crippen LogP contribution in [0.1, 0.15) is 17.7 Å². The molecule has 1 fully saturated rings. The Morgan fingerprint density at radius 2 is 1.72 bits per heavy atom. The highest BCUT2D eigenvalue weighted by Gasteiger charge is 2.13. The van der Waals surface area contributed by atoms with Crippen molar-refractivity contribution < 1.29 is 9.15 Å². The van der Waals surface area contributed by atoms with Gasteiger partial charge in [0.05, 0.1) is 6.61 Å². The molecule has 0 unspecified atom stereocenters. The minimum Gasteiger partial charge on any atom is -0.493 e. The average molecular weight is 456 g/mol. The molecule has 3 aromatic rings. The summed E-state index contributed by atoms with van der Waals surface area (Å²) in [7, 11) is 6.28. The number of likely N-dealkylation sites (N-methyl/N-ethyl adjacent to an activating group) is 1. The summed E-state index contributed by atoms with van der Waals surface area (Å²) >= 11 is 0. The van der Waals surface area contributed by atoms with Gasteiger partial charge in [-0.15, -0.1) is 12.4 Å². The molecule has 0 saturated carbocycles. The largest absolute Gasteiger partial charge is 0.493 e. The molecule has 0 N–H and O–H groups in total. The van der Waals surface area contributed by atoms with Crippen LogP contribution in [0.2, 0.25) is 0 Å². The second-order valence-electron chi connectivity index (χ2n) is 8.51. The number of rotatable bonds is 8. The fourth-order valence-corrected chi connectivity index (χ4v) is 3.82. The number of hydrogen-bond donors (Lipinski definition) is 0. The molecule has 1 aromatic heterocycles. The molecule has 5 nitrogen and oxygen atoms in total. The zero-order valence-corrected chi connectivity index (χ0v) is 20.1. The van der Waals surface area contributed by atoms with Crippen molar-refractivity contribution in [2.24, 2.45) is 0 Å². The lowest BCUT2D eigenvalue weighted by molar-refractivity contribution is 0.145. The quantitative estimate of drug-likeness (QED) is 0.441. The van der Waals surface area contributed by atoms with Crippen LogP contribution >= 0.6 is 12.4 Å². The summed E-state index contributed by atoms with van der Waals surface area (Å²) < 4.78 is 12.0. The zero-order chi connectivity index (χ0) is 21.6. The van der Waals surface area contributed by atoms with E-state index in [0.29, 0.717) is 0 Å². The SMILES string of the molecule is CN1CCN(CCCOc2ccc3cc(/C=C/c4ccc(N(C)C)cc4)oc3c2)CC1.Cl. The van der Waals surface area contributed by atoms with Crippen molar-refractivity contribution in [3.05, 3.63) is 59.9 Å². The Morgan fingerprint density at radius 3 is 2.44 bits per heavy atom. The van der Waals surface area contributed by atoms with Gasteiger partial charge in [0.25, 0.3) is 0 Å². The number of benzene rings is 2. The molecule has 0 spiro atoms. The Bertz CT molecular complexity index is 1010. The number of anilines is 1. The van der Waals surface area contributed by atoms with Crippen molar-refractivity contribution in [1.82, 2.24) is 9.80 Å². The summed E-state index contributed by atoms with van der Waals surface area (Å²) in [4.78, 5) is 7.00. The fraction of sp³-hybridized carbons (Fsp3) is 0.385. The van der Waals surface area contributed by atoms with Gasteiger partial charge in [0.15, 0.2) is 0 Å². The first-order valence-corrected chi connectivity index (χ1v) is 11.1. The summed E-state index contributed by atoms with van der Waals surface area (Å²) in [6, 6.07) is 16.6. The Balaban J connectivity index is 0.00000289. The van der Waals surface area contributed by atoms with Crippen LogP contribution in [-0.4, -0.2) is 70.3 Å². The molecule has 0 atom stereocenters. The Morgan fingerprint density at radius 1 is 0.969 bits per heavy atom. The van der Waals surface area contributed by atoms with Crippen LogP contribution in [0, 0.1) is 0 Å². The van der Waals surface area contributed by atoms with Crippen LogP contribution in [0.15, 0.2) is 52.9 Å². The first-order chi connectivity index (χ1) is 15.1. The van der Waals surface area contributed by atoms with Crippen molar-refractivity contribution in [3.8, 4) is 5.75 Å². The van der Waals surface area contributed by atoms with E-state index < -0.39 is 0 Å². The molecule has 32 heavy (non-hydrogen) atoms. The van der Waals surface area contributed by atoms with E-state index in [0.717, 1.165) is 73.8 Å². The second-order valence-corrected chi connectivity index (χ2v) is 8.51. The smallest absolute Gasteiger partial charge is 0.138 e. The second kappa shape index (κ2) is 11.4. The van der Waals surface area contributed by atoms with Gasteiger partial charge in [-0.25, -0.2) is 0 Å². The first-order valence-electron chi connectivity index (χ1n) is 11.1. The van der Waals surface area contributed by atoms with Crippen LogP contribution in [0.3, 0.4) is 0 Å². The summed E-state index contributed by atoms with van der Waals surface area (Å²) in [5, 5.41) is 1.09. The lowest BCUT2D eigenvalue weighted by atomic mass is 10.1. The third-order valence-corrected chi connectivity index (χ3v) is 5.84. The summed E-state index contributed by atoms with van der Waals surface area (Å²) in [5.74, 6) is 1.72. The van der Waals surface area contributed by atoms with E-state index in [1.54, 1.807) is 0 Å². The van der Waals surface area contributed by atoms with Gasteiger partial charge < -0.3 is 23.9 Å². The summed E-state index contributed by atoms with van der Waals surface area (Å²) in [6.45, 7) is 6.47. The molecule has 2 heterocycles. The summed E-state index contributed by atoms with van der Waals surface area (Å²) in [6.07, 6.45) is 5.13. The van der Waals surface area contributed by atoms with Crippen LogP contribution in [0.25, 0.3) is 23.1 Å². The van der Waals surface area contributed by atoms with Gasteiger partial charge in [-0.3, -0.25) is 0 Å². The molecule has 0 amide bonds. The first kappa shape index (κ1) is 24.2. The topological polar surface area (TPSA) is 32.1 Å². The molecule has 1 aliphatic heterocycles. The maximum Gasteiger partial charge on any atom is 0.138 e. The van der Waals surface area contributed by atoms with Gasteiger partial charge in [0.2, 0.25) is 0 Å². The molecule has 0 radical (unpaired) electrons. The Hall–Kier alpha value is -2.47. The molecule has 4 rings (SSSR count). The zero-order valence-electron chi connectivity index (χ0n) is 19.3. The van der Waals surface area contributed by atoms with Crippen molar-refractivity contribution >= 4 is 41.2 Å². The lowest BCUT2D eigenvalue weighted by Gasteiger charge is -2.32. The Kier molecular flexibility index (Phi) is 8.62.